The van der Waals surface area contributed by atoms with E-state index in [0.717, 1.165) is 12.3 Å². The Labute approximate surface area is 85.8 Å². The Bertz CT molecular complexity index is 161. The van der Waals surface area contributed by atoms with E-state index in [2.05, 4.69) is 6.92 Å². The predicted octanol–water partition coefficient (Wildman–Crippen LogP) is 3.75. The third-order valence-corrected chi connectivity index (χ3v) is 3.42. The van der Waals surface area contributed by atoms with Crippen molar-refractivity contribution in [3.05, 3.63) is 0 Å². The molecule has 0 amide bonds. The lowest BCUT2D eigenvalue weighted by atomic mass is 9.77. The Balaban J connectivity index is 2.39. The Hall–Kier alpha value is -0.0400. The first kappa shape index (κ1) is 11.0. The topological polar surface area (TPSA) is 17.1 Å². The van der Waals surface area contributed by atoms with Crippen LogP contribution in [0.25, 0.3) is 0 Å². The lowest BCUT2D eigenvalue weighted by Crippen LogP contribution is -2.19. The summed E-state index contributed by atoms with van der Waals surface area (Å²) in [7, 11) is 0. The molecule has 1 fully saturated rings. The summed E-state index contributed by atoms with van der Waals surface area (Å²) >= 11 is 5.43. The van der Waals surface area contributed by atoms with Gasteiger partial charge < -0.3 is 0 Å². The van der Waals surface area contributed by atoms with E-state index >= 15 is 0 Å². The van der Waals surface area contributed by atoms with E-state index < -0.39 is 0 Å². The van der Waals surface area contributed by atoms with E-state index in [1.54, 1.807) is 0 Å². The van der Waals surface area contributed by atoms with Crippen molar-refractivity contribution in [1.29, 1.82) is 0 Å². The molecule has 1 atom stereocenters. The number of carbonyl (C=O) groups excluding carboxylic acids is 1. The zero-order valence-electron chi connectivity index (χ0n) is 8.39. The summed E-state index contributed by atoms with van der Waals surface area (Å²) in [4.78, 5) is 10.8. The van der Waals surface area contributed by atoms with Gasteiger partial charge in [-0.3, -0.25) is 4.79 Å². The van der Waals surface area contributed by atoms with Crippen molar-refractivity contribution in [1.82, 2.24) is 0 Å². The fourth-order valence-electron chi connectivity index (χ4n) is 2.46. The van der Waals surface area contributed by atoms with Crippen LogP contribution in [0.1, 0.15) is 51.9 Å². The van der Waals surface area contributed by atoms with Gasteiger partial charge in [0.05, 0.1) is 0 Å². The first-order valence-electron chi connectivity index (χ1n) is 5.42. The van der Waals surface area contributed by atoms with Gasteiger partial charge in [-0.05, 0) is 23.4 Å². The molecule has 1 nitrogen and oxygen atoms in total. The molecule has 13 heavy (non-hydrogen) atoms. The first-order valence-corrected chi connectivity index (χ1v) is 5.80. The Morgan fingerprint density at radius 2 is 2.00 bits per heavy atom. The maximum absolute atomic E-state index is 10.8. The molecular weight excluding hydrogens is 184 g/mol. The van der Waals surface area contributed by atoms with Gasteiger partial charge in [0, 0.05) is 6.42 Å². The monoisotopic (exact) mass is 202 g/mol. The van der Waals surface area contributed by atoms with E-state index in [0.29, 0.717) is 12.3 Å². The third kappa shape index (κ3) is 3.68. The smallest absolute Gasteiger partial charge is 0.221 e. The predicted molar refractivity (Wildman–Crippen MR) is 55.8 cm³/mol. The SMILES string of the molecule is CC[C@@H](CC(=O)Cl)C1CCCCC1. The van der Waals surface area contributed by atoms with E-state index in [1.807, 2.05) is 0 Å². The second-order valence-electron chi connectivity index (χ2n) is 4.13. The number of hydrogen-bond donors (Lipinski definition) is 0. The van der Waals surface area contributed by atoms with Crippen LogP contribution in [0.4, 0.5) is 0 Å². The summed E-state index contributed by atoms with van der Waals surface area (Å²) in [6.45, 7) is 2.17. The molecule has 0 radical (unpaired) electrons. The van der Waals surface area contributed by atoms with Gasteiger partial charge in [-0.2, -0.15) is 0 Å². The van der Waals surface area contributed by atoms with Gasteiger partial charge in [0.2, 0.25) is 5.24 Å². The molecule has 1 saturated carbocycles. The highest BCUT2D eigenvalue weighted by Gasteiger charge is 2.23. The van der Waals surface area contributed by atoms with Gasteiger partial charge >= 0.3 is 0 Å². The second kappa shape index (κ2) is 5.64. The minimum atomic E-state index is -0.155. The highest BCUT2D eigenvalue weighted by atomic mass is 35.5. The van der Waals surface area contributed by atoms with Gasteiger partial charge in [0.25, 0.3) is 0 Å². The van der Waals surface area contributed by atoms with Crippen LogP contribution in [0.2, 0.25) is 0 Å². The molecule has 0 unspecified atom stereocenters. The Morgan fingerprint density at radius 1 is 1.38 bits per heavy atom. The van der Waals surface area contributed by atoms with Crippen molar-refractivity contribution in [2.45, 2.75) is 51.9 Å². The molecule has 0 saturated heterocycles. The van der Waals surface area contributed by atoms with Crippen LogP contribution in [-0.2, 0) is 4.79 Å². The molecule has 0 aromatic rings. The van der Waals surface area contributed by atoms with Gasteiger partial charge in [0.15, 0.2) is 0 Å². The lowest BCUT2D eigenvalue weighted by molar-refractivity contribution is -0.113. The summed E-state index contributed by atoms with van der Waals surface area (Å²) in [5, 5.41) is -0.155. The molecule has 0 bridgehead atoms. The van der Waals surface area contributed by atoms with Crippen molar-refractivity contribution < 1.29 is 4.79 Å². The summed E-state index contributed by atoms with van der Waals surface area (Å²) in [6.07, 6.45) is 8.37. The quantitative estimate of drug-likeness (QED) is 0.635. The number of halogens is 1. The molecule has 0 aliphatic heterocycles. The van der Waals surface area contributed by atoms with Crippen LogP contribution >= 0.6 is 11.6 Å². The summed E-state index contributed by atoms with van der Waals surface area (Å²) < 4.78 is 0. The van der Waals surface area contributed by atoms with Crippen molar-refractivity contribution >= 4 is 16.8 Å². The third-order valence-electron chi connectivity index (χ3n) is 3.26. The number of carbonyl (C=O) groups is 1. The van der Waals surface area contributed by atoms with Crippen molar-refractivity contribution in [3.8, 4) is 0 Å². The second-order valence-corrected chi connectivity index (χ2v) is 4.55. The van der Waals surface area contributed by atoms with Crippen LogP contribution in [0.15, 0.2) is 0 Å². The van der Waals surface area contributed by atoms with Crippen molar-refractivity contribution in [2.75, 3.05) is 0 Å². The van der Waals surface area contributed by atoms with Crippen LogP contribution in [0.5, 0.6) is 0 Å². The molecule has 0 N–H and O–H groups in total. The molecule has 1 aliphatic rings. The molecule has 0 spiro atoms. The lowest BCUT2D eigenvalue weighted by Gasteiger charge is -2.28. The first-order chi connectivity index (χ1) is 6.24. The highest BCUT2D eigenvalue weighted by Crippen LogP contribution is 2.33. The van der Waals surface area contributed by atoms with Crippen LogP contribution in [-0.4, -0.2) is 5.24 Å². The van der Waals surface area contributed by atoms with E-state index in [1.165, 1.54) is 32.1 Å². The fraction of sp³-hybridized carbons (Fsp3) is 0.909. The molecule has 1 aliphatic carbocycles. The Morgan fingerprint density at radius 3 is 2.46 bits per heavy atom. The summed E-state index contributed by atoms with van der Waals surface area (Å²) in [6, 6.07) is 0. The average molecular weight is 203 g/mol. The molecule has 2 heteroatoms. The molecule has 0 aromatic heterocycles. The molecule has 1 rings (SSSR count). The highest BCUT2D eigenvalue weighted by molar-refractivity contribution is 6.63. The standard InChI is InChI=1S/C11H19ClO/c1-2-9(8-11(12)13)10-6-4-3-5-7-10/h9-10H,2-8H2,1H3/t9-/m0/s1. The van der Waals surface area contributed by atoms with E-state index in [-0.39, 0.29) is 5.24 Å². The molecule has 76 valence electrons. The largest absolute Gasteiger partial charge is 0.281 e. The van der Waals surface area contributed by atoms with Gasteiger partial charge in [-0.15, -0.1) is 0 Å². The van der Waals surface area contributed by atoms with E-state index in [9.17, 15) is 4.79 Å². The van der Waals surface area contributed by atoms with Gasteiger partial charge in [-0.1, -0.05) is 45.4 Å². The number of rotatable bonds is 4. The Kier molecular flexibility index (Phi) is 4.79. The van der Waals surface area contributed by atoms with Gasteiger partial charge in [0.1, 0.15) is 0 Å². The normalized spacial score (nSPS) is 21.4. The summed E-state index contributed by atoms with van der Waals surface area (Å²) in [5.74, 6) is 1.31. The van der Waals surface area contributed by atoms with Gasteiger partial charge in [-0.25, -0.2) is 0 Å². The number of hydrogen-bond acceptors (Lipinski definition) is 1. The average Bonchev–Trinajstić information content (AvgIpc) is 2.15. The fourth-order valence-corrected chi connectivity index (χ4v) is 2.65. The van der Waals surface area contributed by atoms with Crippen LogP contribution < -0.4 is 0 Å². The maximum atomic E-state index is 10.8. The van der Waals surface area contributed by atoms with Crippen molar-refractivity contribution in [2.24, 2.45) is 11.8 Å². The van der Waals surface area contributed by atoms with Crippen molar-refractivity contribution in [3.63, 3.8) is 0 Å². The zero-order valence-corrected chi connectivity index (χ0v) is 9.15. The molecule has 0 heterocycles. The molecule has 0 aromatic carbocycles. The summed E-state index contributed by atoms with van der Waals surface area (Å²) in [5.41, 5.74) is 0. The minimum absolute atomic E-state index is 0.155. The van der Waals surface area contributed by atoms with Crippen LogP contribution in [0.3, 0.4) is 0 Å². The van der Waals surface area contributed by atoms with Crippen LogP contribution in [0, 0.1) is 11.8 Å². The minimum Gasteiger partial charge on any atom is -0.281 e. The maximum Gasteiger partial charge on any atom is 0.221 e. The van der Waals surface area contributed by atoms with E-state index in [4.69, 9.17) is 11.6 Å². The molecular formula is C11H19ClO. The zero-order chi connectivity index (χ0) is 9.68.